The van der Waals surface area contributed by atoms with Crippen molar-refractivity contribution in [3.8, 4) is 0 Å². The normalized spacial score (nSPS) is 16.8. The quantitative estimate of drug-likeness (QED) is 0.907. The van der Waals surface area contributed by atoms with E-state index in [1.165, 1.54) is 12.1 Å². The van der Waals surface area contributed by atoms with Crippen molar-refractivity contribution >= 4 is 11.8 Å². The number of rotatable bonds is 2. The Bertz CT molecular complexity index is 826. The Kier molecular flexibility index (Phi) is 3.99. The molecule has 1 saturated heterocycles. The molecular weight excluding hydrogens is 323 g/mol. The first-order chi connectivity index (χ1) is 12.1. The first kappa shape index (κ1) is 15.8. The van der Waals surface area contributed by atoms with Crippen LogP contribution in [0.1, 0.15) is 44.9 Å². The van der Waals surface area contributed by atoms with Crippen LogP contribution < -0.4 is 0 Å². The van der Waals surface area contributed by atoms with Crippen molar-refractivity contribution in [2.75, 3.05) is 19.6 Å². The molecule has 0 bridgehead atoms. The van der Waals surface area contributed by atoms with Crippen molar-refractivity contribution in [2.24, 2.45) is 0 Å². The van der Waals surface area contributed by atoms with Crippen LogP contribution in [0.3, 0.4) is 0 Å². The highest BCUT2D eigenvalue weighted by atomic mass is 19.1. The molecule has 0 atom stereocenters. The van der Waals surface area contributed by atoms with Gasteiger partial charge in [0, 0.05) is 37.3 Å². The zero-order valence-corrected chi connectivity index (χ0v) is 13.8. The standard InChI is InChI=1S/C18H19FN4O2/c19-14-6-2-1-5-12(14)17(24)23-10-7-15-13(11-23)16(21-20-15)18(25)22-8-3-4-9-22/h1-2,5-6H,3-4,7-11H2,(H,20,21). The molecule has 4 rings (SSSR count). The number of aromatic nitrogens is 2. The molecule has 1 aromatic heterocycles. The fourth-order valence-corrected chi connectivity index (χ4v) is 3.52. The zero-order chi connectivity index (χ0) is 17.4. The van der Waals surface area contributed by atoms with Crippen LogP contribution in [0.4, 0.5) is 4.39 Å². The first-order valence-corrected chi connectivity index (χ1v) is 8.54. The van der Waals surface area contributed by atoms with Gasteiger partial charge in [0.05, 0.1) is 12.1 Å². The summed E-state index contributed by atoms with van der Waals surface area (Å²) >= 11 is 0. The maximum atomic E-state index is 13.9. The van der Waals surface area contributed by atoms with Gasteiger partial charge < -0.3 is 9.80 Å². The molecule has 0 unspecified atom stereocenters. The van der Waals surface area contributed by atoms with E-state index in [-0.39, 0.29) is 23.9 Å². The minimum Gasteiger partial charge on any atom is -0.337 e. The Morgan fingerprint density at radius 1 is 1.04 bits per heavy atom. The molecule has 0 aliphatic carbocycles. The number of fused-ring (bicyclic) bond motifs is 1. The number of H-pyrrole nitrogens is 1. The van der Waals surface area contributed by atoms with Crippen LogP contribution in [-0.4, -0.2) is 51.4 Å². The Morgan fingerprint density at radius 2 is 1.80 bits per heavy atom. The first-order valence-electron chi connectivity index (χ1n) is 8.54. The maximum Gasteiger partial charge on any atom is 0.274 e. The van der Waals surface area contributed by atoms with E-state index < -0.39 is 5.82 Å². The second-order valence-corrected chi connectivity index (χ2v) is 6.49. The third kappa shape index (κ3) is 2.79. The van der Waals surface area contributed by atoms with E-state index in [2.05, 4.69) is 10.2 Å². The fourth-order valence-electron chi connectivity index (χ4n) is 3.52. The van der Waals surface area contributed by atoms with E-state index in [4.69, 9.17) is 0 Å². The third-order valence-electron chi connectivity index (χ3n) is 4.92. The van der Waals surface area contributed by atoms with Crippen LogP contribution >= 0.6 is 0 Å². The number of hydrogen-bond donors (Lipinski definition) is 1. The topological polar surface area (TPSA) is 69.3 Å². The third-order valence-corrected chi connectivity index (χ3v) is 4.92. The molecule has 2 amide bonds. The summed E-state index contributed by atoms with van der Waals surface area (Å²) in [6, 6.07) is 5.97. The number of nitrogens with zero attached hydrogens (tertiary/aromatic N) is 3. The smallest absolute Gasteiger partial charge is 0.274 e. The SMILES string of the molecule is O=C(c1ccccc1F)N1CCc2[nH]nc(C(=O)N3CCCC3)c2C1. The van der Waals surface area contributed by atoms with Gasteiger partial charge in [0.1, 0.15) is 5.82 Å². The van der Waals surface area contributed by atoms with E-state index in [0.717, 1.165) is 37.2 Å². The predicted octanol–water partition coefficient (Wildman–Crippen LogP) is 1.98. The maximum absolute atomic E-state index is 13.9. The van der Waals surface area contributed by atoms with E-state index in [0.29, 0.717) is 18.7 Å². The molecule has 2 aromatic rings. The van der Waals surface area contributed by atoms with Crippen molar-refractivity contribution in [2.45, 2.75) is 25.8 Å². The fraction of sp³-hybridized carbons (Fsp3) is 0.389. The molecule has 1 N–H and O–H groups in total. The Morgan fingerprint density at radius 3 is 2.56 bits per heavy atom. The monoisotopic (exact) mass is 342 g/mol. The van der Waals surface area contributed by atoms with Crippen LogP contribution in [0.15, 0.2) is 24.3 Å². The van der Waals surface area contributed by atoms with Crippen molar-refractivity contribution in [1.82, 2.24) is 20.0 Å². The van der Waals surface area contributed by atoms with Gasteiger partial charge in [-0.2, -0.15) is 5.10 Å². The number of amides is 2. The molecule has 6 nitrogen and oxygen atoms in total. The minimum absolute atomic E-state index is 0.0573. The van der Waals surface area contributed by atoms with Crippen LogP contribution in [0.2, 0.25) is 0 Å². The summed E-state index contributed by atoms with van der Waals surface area (Å²) in [5, 5.41) is 7.13. The second kappa shape index (κ2) is 6.31. The molecule has 25 heavy (non-hydrogen) atoms. The van der Waals surface area contributed by atoms with Gasteiger partial charge in [-0.3, -0.25) is 14.7 Å². The lowest BCUT2D eigenvalue weighted by Gasteiger charge is -2.27. The van der Waals surface area contributed by atoms with Gasteiger partial charge in [0.2, 0.25) is 0 Å². The van der Waals surface area contributed by atoms with Crippen molar-refractivity contribution in [3.63, 3.8) is 0 Å². The van der Waals surface area contributed by atoms with Crippen LogP contribution in [0.25, 0.3) is 0 Å². The van der Waals surface area contributed by atoms with Crippen molar-refractivity contribution < 1.29 is 14.0 Å². The van der Waals surface area contributed by atoms with Gasteiger partial charge in [-0.1, -0.05) is 12.1 Å². The molecule has 0 spiro atoms. The summed E-state index contributed by atoms with van der Waals surface area (Å²) in [4.78, 5) is 28.7. The number of carbonyl (C=O) groups excluding carboxylic acids is 2. The lowest BCUT2D eigenvalue weighted by Crippen LogP contribution is -2.37. The van der Waals surface area contributed by atoms with Crippen molar-refractivity contribution in [3.05, 3.63) is 52.6 Å². The molecule has 2 aliphatic rings. The van der Waals surface area contributed by atoms with Crippen molar-refractivity contribution in [1.29, 1.82) is 0 Å². The molecule has 130 valence electrons. The van der Waals surface area contributed by atoms with E-state index in [1.54, 1.807) is 21.9 Å². The van der Waals surface area contributed by atoms with E-state index in [9.17, 15) is 14.0 Å². The van der Waals surface area contributed by atoms with Gasteiger partial charge in [-0.15, -0.1) is 0 Å². The summed E-state index contributed by atoms with van der Waals surface area (Å²) in [6.45, 7) is 2.24. The predicted molar refractivity (Wildman–Crippen MR) is 88.6 cm³/mol. The lowest BCUT2D eigenvalue weighted by atomic mass is 10.0. The van der Waals surface area contributed by atoms with Gasteiger partial charge >= 0.3 is 0 Å². The molecule has 0 radical (unpaired) electrons. The average molecular weight is 342 g/mol. The number of hydrogen-bond acceptors (Lipinski definition) is 3. The molecular formula is C18H19FN4O2. The highest BCUT2D eigenvalue weighted by molar-refractivity contribution is 5.96. The molecule has 0 saturated carbocycles. The van der Waals surface area contributed by atoms with Gasteiger partial charge in [0.15, 0.2) is 5.69 Å². The highest BCUT2D eigenvalue weighted by Gasteiger charge is 2.31. The average Bonchev–Trinajstić information content (AvgIpc) is 3.30. The molecule has 1 fully saturated rings. The number of carbonyl (C=O) groups is 2. The number of nitrogens with one attached hydrogen (secondary N) is 1. The summed E-state index contributed by atoms with van der Waals surface area (Å²) < 4.78 is 13.9. The van der Waals surface area contributed by atoms with Gasteiger partial charge in [-0.25, -0.2) is 4.39 Å². The molecule has 3 heterocycles. The number of likely N-dealkylation sites (tertiary alicyclic amines) is 1. The molecule has 2 aliphatic heterocycles. The van der Waals surface area contributed by atoms with Gasteiger partial charge in [-0.05, 0) is 25.0 Å². The Labute approximate surface area is 144 Å². The lowest BCUT2D eigenvalue weighted by molar-refractivity contribution is 0.0718. The summed E-state index contributed by atoms with van der Waals surface area (Å²) in [6.07, 6.45) is 2.60. The molecule has 7 heteroatoms. The summed E-state index contributed by atoms with van der Waals surface area (Å²) in [7, 11) is 0. The minimum atomic E-state index is -0.529. The highest BCUT2D eigenvalue weighted by Crippen LogP contribution is 2.24. The number of aromatic amines is 1. The largest absolute Gasteiger partial charge is 0.337 e. The zero-order valence-electron chi connectivity index (χ0n) is 13.8. The van der Waals surface area contributed by atoms with E-state index in [1.807, 2.05) is 0 Å². The Hall–Kier alpha value is -2.70. The molecule has 1 aromatic carbocycles. The number of benzene rings is 1. The van der Waals surface area contributed by atoms with Gasteiger partial charge in [0.25, 0.3) is 11.8 Å². The van der Waals surface area contributed by atoms with Crippen LogP contribution in [0, 0.1) is 5.82 Å². The van der Waals surface area contributed by atoms with Crippen LogP contribution in [0.5, 0.6) is 0 Å². The summed E-state index contributed by atoms with van der Waals surface area (Å²) in [5.74, 6) is -0.974. The van der Waals surface area contributed by atoms with Crippen LogP contribution in [-0.2, 0) is 13.0 Å². The second-order valence-electron chi connectivity index (χ2n) is 6.49. The Balaban J connectivity index is 1.58. The summed E-state index contributed by atoms with van der Waals surface area (Å²) in [5.41, 5.74) is 2.10. The number of halogens is 1. The van der Waals surface area contributed by atoms with E-state index >= 15 is 0 Å².